The number of aliphatic hydroxyl groups is 1. The fraction of sp³-hybridized carbons (Fsp3) is 0.353. The Morgan fingerprint density at radius 2 is 1.07 bits per heavy atom. The second kappa shape index (κ2) is 17.3. The summed E-state index contributed by atoms with van der Waals surface area (Å²) in [5.41, 5.74) is -0.219. The van der Waals surface area contributed by atoms with E-state index in [2.05, 4.69) is 15.9 Å². The highest BCUT2D eigenvalue weighted by Crippen LogP contribution is 2.22. The first kappa shape index (κ1) is 36.2. The number of Topliss-reactive ketones (excluding diaryl/α,β-unsaturated/α-hetero) is 2. The summed E-state index contributed by atoms with van der Waals surface area (Å²) in [6, 6.07) is 22.2. The Morgan fingerprint density at radius 3 is 1.50 bits per heavy atom. The zero-order valence-electron chi connectivity index (χ0n) is 25.6. The first-order chi connectivity index (χ1) is 20.7. The first-order valence-corrected chi connectivity index (χ1v) is 15.1. The van der Waals surface area contributed by atoms with E-state index in [0.29, 0.717) is 28.2 Å². The molecule has 0 aliphatic rings. The predicted octanol–water partition coefficient (Wildman–Crippen LogP) is 6.11. The Kier molecular flexibility index (Phi) is 14.2. The molecule has 3 rings (SSSR count). The van der Waals surface area contributed by atoms with E-state index < -0.39 is 11.0 Å². The molecule has 0 spiro atoms. The van der Waals surface area contributed by atoms with Crippen LogP contribution in [0.4, 0.5) is 0 Å². The smallest absolute Gasteiger partial charge is 0.338 e. The molecule has 0 radical (unpaired) electrons. The number of hydrogen-bond donors (Lipinski definition) is 1. The van der Waals surface area contributed by atoms with Gasteiger partial charge in [-0.1, -0.05) is 54.9 Å². The van der Waals surface area contributed by atoms with E-state index in [4.69, 9.17) is 18.9 Å². The van der Waals surface area contributed by atoms with Crippen molar-refractivity contribution >= 4 is 39.4 Å². The van der Waals surface area contributed by atoms with E-state index in [1.807, 2.05) is 26.8 Å². The van der Waals surface area contributed by atoms with Gasteiger partial charge in [-0.25, -0.2) is 4.79 Å². The number of esters is 2. The number of ether oxygens (including phenoxy) is 4. The second-order valence-corrected chi connectivity index (χ2v) is 11.6. The average Bonchev–Trinajstić information content (AvgIpc) is 3.01. The molecule has 1 N–H and O–H groups in total. The Bertz CT molecular complexity index is 1360. The molecule has 0 aromatic heterocycles. The average molecular weight is 672 g/mol. The maximum atomic E-state index is 12.1. The zero-order valence-corrected chi connectivity index (χ0v) is 27.2. The molecule has 236 valence electrons. The van der Waals surface area contributed by atoms with Crippen LogP contribution in [0.2, 0.25) is 0 Å². The molecule has 0 amide bonds. The van der Waals surface area contributed by atoms with Crippen molar-refractivity contribution in [1.29, 1.82) is 0 Å². The van der Waals surface area contributed by atoms with Gasteiger partial charge in [0.05, 0.1) is 5.56 Å². The van der Waals surface area contributed by atoms with Crippen LogP contribution in [0.15, 0.2) is 78.9 Å². The highest BCUT2D eigenvalue weighted by molar-refractivity contribution is 9.09. The van der Waals surface area contributed by atoms with Crippen LogP contribution < -0.4 is 9.47 Å². The molecule has 0 atom stereocenters. The van der Waals surface area contributed by atoms with E-state index in [-0.39, 0.29) is 55.3 Å². The van der Waals surface area contributed by atoms with Crippen LogP contribution >= 0.6 is 15.9 Å². The van der Waals surface area contributed by atoms with Gasteiger partial charge in [-0.3, -0.25) is 14.4 Å². The number of ketones is 2. The van der Waals surface area contributed by atoms with Crippen molar-refractivity contribution < 1.29 is 43.2 Å². The van der Waals surface area contributed by atoms with E-state index in [1.54, 1.807) is 72.8 Å². The summed E-state index contributed by atoms with van der Waals surface area (Å²) in [7, 11) is 0. The van der Waals surface area contributed by atoms with Crippen molar-refractivity contribution in [2.75, 3.05) is 31.8 Å². The van der Waals surface area contributed by atoms with E-state index in [9.17, 15) is 24.3 Å². The Hall–Kier alpha value is -4.02. The van der Waals surface area contributed by atoms with Gasteiger partial charge in [0.25, 0.3) is 0 Å². The summed E-state index contributed by atoms with van der Waals surface area (Å²) in [6.45, 7) is 9.37. The lowest BCUT2D eigenvalue weighted by Crippen LogP contribution is -2.30. The normalized spacial score (nSPS) is 11.0. The lowest BCUT2D eigenvalue weighted by molar-refractivity contribution is -0.141. The molecule has 10 heteroatoms. The van der Waals surface area contributed by atoms with E-state index in [0.717, 1.165) is 0 Å². The first-order valence-electron chi connectivity index (χ1n) is 13.9. The van der Waals surface area contributed by atoms with Crippen LogP contribution in [0.3, 0.4) is 0 Å². The van der Waals surface area contributed by atoms with E-state index >= 15 is 0 Å². The number of benzene rings is 3. The molecule has 0 aliphatic carbocycles. The molecule has 0 heterocycles. The van der Waals surface area contributed by atoms with Crippen LogP contribution in [-0.2, 0) is 14.3 Å². The van der Waals surface area contributed by atoms with Gasteiger partial charge in [-0.05, 0) is 74.5 Å². The van der Waals surface area contributed by atoms with Crippen molar-refractivity contribution in [3.63, 3.8) is 0 Å². The topological polar surface area (TPSA) is 125 Å². The Balaban J connectivity index is 0.000000312. The highest BCUT2D eigenvalue weighted by atomic mass is 79.9. The van der Waals surface area contributed by atoms with Crippen LogP contribution in [0.25, 0.3) is 0 Å². The van der Waals surface area contributed by atoms with Crippen molar-refractivity contribution in [1.82, 2.24) is 0 Å². The quantitative estimate of drug-likeness (QED) is 0.0992. The van der Waals surface area contributed by atoms with Crippen LogP contribution in [-0.4, -0.2) is 66.0 Å². The minimum Gasteiger partial charge on any atom is -0.490 e. The van der Waals surface area contributed by atoms with E-state index in [1.165, 1.54) is 13.8 Å². The standard InChI is InChI=1S/C20H22O4.C14H17BrO5/c1-20(2,3)18(21)15-9-11-17(12-10-15)23-13-14-24-19(22)16-7-5-4-6-8-16;1-14(2,18)13(17)10-3-5-11(6-4-10)19-7-8-20-12(16)9-15/h4-12H,13-14H2,1-3H3;3-6,18H,7-9H2,1-2H3. The van der Waals surface area contributed by atoms with Gasteiger partial charge in [0.15, 0.2) is 11.6 Å². The third-order valence-corrected chi connectivity index (χ3v) is 6.25. The lowest BCUT2D eigenvalue weighted by Gasteiger charge is -2.16. The molecule has 3 aromatic rings. The van der Waals surface area contributed by atoms with Gasteiger partial charge < -0.3 is 24.1 Å². The SMILES string of the molecule is CC(C)(C)C(=O)c1ccc(OCCOC(=O)c2ccccc2)cc1.CC(C)(O)C(=O)c1ccc(OCCOC(=O)CBr)cc1. The Morgan fingerprint density at radius 1 is 0.614 bits per heavy atom. The van der Waals surface area contributed by atoms with Crippen LogP contribution in [0.1, 0.15) is 65.7 Å². The summed E-state index contributed by atoms with van der Waals surface area (Å²) < 4.78 is 20.8. The minimum atomic E-state index is -1.40. The summed E-state index contributed by atoms with van der Waals surface area (Å²) in [6.07, 6.45) is 0. The summed E-state index contributed by atoms with van der Waals surface area (Å²) >= 11 is 2.98. The monoisotopic (exact) mass is 670 g/mol. The maximum absolute atomic E-state index is 12.1. The summed E-state index contributed by atoms with van der Waals surface area (Å²) in [5.74, 6) is 0.217. The van der Waals surface area contributed by atoms with Crippen molar-refractivity contribution in [3.8, 4) is 11.5 Å². The lowest BCUT2D eigenvalue weighted by atomic mass is 9.86. The number of rotatable bonds is 13. The number of halogens is 1. The molecule has 3 aromatic carbocycles. The molecule has 44 heavy (non-hydrogen) atoms. The fourth-order valence-electron chi connectivity index (χ4n) is 3.50. The number of alkyl halides is 1. The van der Waals surface area contributed by atoms with Crippen LogP contribution in [0.5, 0.6) is 11.5 Å². The molecule has 0 saturated carbocycles. The summed E-state index contributed by atoms with van der Waals surface area (Å²) in [5, 5.41) is 9.78. The molecule has 0 unspecified atom stereocenters. The maximum Gasteiger partial charge on any atom is 0.338 e. The van der Waals surface area contributed by atoms with Gasteiger partial charge in [0.2, 0.25) is 0 Å². The summed E-state index contributed by atoms with van der Waals surface area (Å²) in [4.78, 5) is 46.5. The highest BCUT2D eigenvalue weighted by Gasteiger charge is 2.25. The molecule has 0 bridgehead atoms. The second-order valence-electron chi connectivity index (χ2n) is 11.1. The van der Waals surface area contributed by atoms with Gasteiger partial charge in [0.1, 0.15) is 48.9 Å². The van der Waals surface area contributed by atoms with Gasteiger partial charge in [-0.2, -0.15) is 0 Å². The van der Waals surface area contributed by atoms with Crippen molar-refractivity contribution in [2.24, 2.45) is 5.41 Å². The Labute approximate surface area is 266 Å². The zero-order chi connectivity index (χ0) is 32.8. The predicted molar refractivity (Wildman–Crippen MR) is 170 cm³/mol. The number of carbonyl (C=O) groups excluding carboxylic acids is 4. The molecular weight excluding hydrogens is 632 g/mol. The molecular formula is C34H39BrO9. The molecule has 0 aliphatic heterocycles. The molecule has 9 nitrogen and oxygen atoms in total. The van der Waals surface area contributed by atoms with Crippen molar-refractivity contribution in [3.05, 3.63) is 95.6 Å². The largest absolute Gasteiger partial charge is 0.490 e. The fourth-order valence-corrected chi connectivity index (χ4v) is 3.66. The number of hydrogen-bond acceptors (Lipinski definition) is 9. The molecule has 0 saturated heterocycles. The molecule has 0 fully saturated rings. The third-order valence-electron chi connectivity index (χ3n) is 5.79. The number of carbonyl (C=O) groups is 4. The van der Waals surface area contributed by atoms with Crippen LogP contribution in [0, 0.1) is 5.41 Å². The van der Waals surface area contributed by atoms with Gasteiger partial charge >= 0.3 is 11.9 Å². The minimum absolute atomic E-state index is 0.0887. The van der Waals surface area contributed by atoms with Gasteiger partial charge in [-0.15, -0.1) is 0 Å². The van der Waals surface area contributed by atoms with Gasteiger partial charge in [0, 0.05) is 16.5 Å². The third kappa shape index (κ3) is 12.7. The van der Waals surface area contributed by atoms with Crippen molar-refractivity contribution in [2.45, 2.75) is 40.2 Å².